The summed E-state index contributed by atoms with van der Waals surface area (Å²) >= 11 is 0. The van der Waals surface area contributed by atoms with Gasteiger partial charge < -0.3 is 14.4 Å². The molecule has 1 aliphatic heterocycles. The van der Waals surface area contributed by atoms with Crippen molar-refractivity contribution in [2.24, 2.45) is 0 Å². The van der Waals surface area contributed by atoms with E-state index in [-0.39, 0.29) is 17.9 Å². The van der Waals surface area contributed by atoms with Gasteiger partial charge in [0.05, 0.1) is 37.6 Å². The first-order valence-electron chi connectivity index (χ1n) is 5.79. The highest BCUT2D eigenvalue weighted by atomic mass is 19.1. The van der Waals surface area contributed by atoms with Crippen LogP contribution in [0, 0.1) is 17.1 Å². The van der Waals surface area contributed by atoms with E-state index in [1.165, 1.54) is 19.2 Å². The van der Waals surface area contributed by atoms with Crippen molar-refractivity contribution in [3.8, 4) is 6.07 Å². The lowest BCUT2D eigenvalue weighted by Gasteiger charge is -2.35. The summed E-state index contributed by atoms with van der Waals surface area (Å²) in [6.07, 6.45) is 0. The van der Waals surface area contributed by atoms with Crippen LogP contribution in [0.5, 0.6) is 0 Å². The second-order valence-corrected chi connectivity index (χ2v) is 4.09. The Hall–Kier alpha value is -2.13. The average molecular weight is 264 g/mol. The van der Waals surface area contributed by atoms with Gasteiger partial charge in [-0.3, -0.25) is 0 Å². The van der Waals surface area contributed by atoms with Crippen molar-refractivity contribution >= 4 is 11.7 Å². The summed E-state index contributed by atoms with van der Waals surface area (Å²) in [5, 5.41) is 8.72. The number of rotatable bonds is 2. The summed E-state index contributed by atoms with van der Waals surface area (Å²) in [5.41, 5.74) is 0.516. The number of halogens is 1. The lowest BCUT2D eigenvalue weighted by atomic mass is 10.1. The van der Waals surface area contributed by atoms with Crippen LogP contribution in [0.1, 0.15) is 5.56 Å². The fraction of sp³-hybridized carbons (Fsp3) is 0.385. The monoisotopic (exact) mass is 264 g/mol. The molecule has 0 bridgehead atoms. The highest BCUT2D eigenvalue weighted by molar-refractivity contribution is 5.80. The smallest absolute Gasteiger partial charge is 0.330 e. The van der Waals surface area contributed by atoms with Gasteiger partial charge >= 0.3 is 5.97 Å². The van der Waals surface area contributed by atoms with Gasteiger partial charge in [0, 0.05) is 6.54 Å². The molecule has 1 atom stereocenters. The molecule has 1 aromatic rings. The zero-order valence-corrected chi connectivity index (χ0v) is 10.4. The predicted molar refractivity (Wildman–Crippen MR) is 65.1 cm³/mol. The van der Waals surface area contributed by atoms with Crippen LogP contribution in [0.2, 0.25) is 0 Å². The number of methoxy groups -OCH3 is 1. The van der Waals surface area contributed by atoms with Gasteiger partial charge in [0.25, 0.3) is 0 Å². The minimum Gasteiger partial charge on any atom is -0.467 e. The summed E-state index contributed by atoms with van der Waals surface area (Å²) in [6.45, 7) is 0.960. The Bertz CT molecular complexity index is 527. The van der Waals surface area contributed by atoms with Crippen molar-refractivity contribution < 1.29 is 18.7 Å². The molecule has 1 heterocycles. The predicted octanol–water partition coefficient (Wildman–Crippen LogP) is 1.08. The quantitative estimate of drug-likeness (QED) is 0.748. The van der Waals surface area contributed by atoms with Gasteiger partial charge in [0.2, 0.25) is 0 Å². The van der Waals surface area contributed by atoms with E-state index < -0.39 is 17.8 Å². The van der Waals surface area contributed by atoms with Gasteiger partial charge in [0.15, 0.2) is 6.04 Å². The highest BCUT2D eigenvalue weighted by Crippen LogP contribution is 2.24. The van der Waals surface area contributed by atoms with Crippen molar-refractivity contribution in [2.75, 3.05) is 31.8 Å². The molecule has 1 saturated heterocycles. The first-order valence-corrected chi connectivity index (χ1v) is 5.79. The number of morpholine rings is 1. The average Bonchev–Trinajstić information content (AvgIpc) is 2.46. The lowest BCUT2D eigenvalue weighted by Crippen LogP contribution is -2.51. The molecule has 0 N–H and O–H groups in total. The zero-order chi connectivity index (χ0) is 13.8. The summed E-state index contributed by atoms with van der Waals surface area (Å²) in [7, 11) is 1.28. The summed E-state index contributed by atoms with van der Waals surface area (Å²) in [4.78, 5) is 13.3. The molecule has 2 rings (SSSR count). The normalized spacial score (nSPS) is 18.8. The number of ether oxygens (including phenoxy) is 2. The second-order valence-electron chi connectivity index (χ2n) is 4.09. The second kappa shape index (κ2) is 5.67. The highest BCUT2D eigenvalue weighted by Gasteiger charge is 2.31. The van der Waals surface area contributed by atoms with E-state index in [0.29, 0.717) is 13.2 Å². The summed E-state index contributed by atoms with van der Waals surface area (Å²) < 4.78 is 23.9. The molecule has 19 heavy (non-hydrogen) atoms. The van der Waals surface area contributed by atoms with Gasteiger partial charge in [-0.1, -0.05) is 0 Å². The molecule has 0 radical (unpaired) electrons. The largest absolute Gasteiger partial charge is 0.467 e. The molecule has 0 aromatic heterocycles. The summed E-state index contributed by atoms with van der Waals surface area (Å²) in [5.74, 6) is -1.00. The van der Waals surface area contributed by atoms with Crippen LogP contribution in [-0.4, -0.2) is 38.9 Å². The first kappa shape index (κ1) is 13.3. The van der Waals surface area contributed by atoms with E-state index in [9.17, 15) is 9.18 Å². The number of benzene rings is 1. The molecule has 0 saturated carbocycles. The van der Waals surface area contributed by atoms with Crippen LogP contribution in [-0.2, 0) is 14.3 Å². The molecule has 0 amide bonds. The van der Waals surface area contributed by atoms with Crippen LogP contribution in [0.3, 0.4) is 0 Å². The SMILES string of the molecule is COC(=O)C1COCCN1c1ccc(C#N)cc1F. The molecule has 0 spiro atoms. The van der Waals surface area contributed by atoms with E-state index in [2.05, 4.69) is 0 Å². The Labute approximate surface area is 110 Å². The van der Waals surface area contributed by atoms with E-state index in [1.54, 1.807) is 4.90 Å². The third-order valence-corrected chi connectivity index (χ3v) is 2.99. The fourth-order valence-corrected chi connectivity index (χ4v) is 2.03. The molecule has 1 aliphatic rings. The van der Waals surface area contributed by atoms with Gasteiger partial charge in [-0.25, -0.2) is 9.18 Å². The van der Waals surface area contributed by atoms with Crippen LogP contribution < -0.4 is 4.90 Å². The number of carbonyl (C=O) groups is 1. The maximum Gasteiger partial charge on any atom is 0.330 e. The fourth-order valence-electron chi connectivity index (χ4n) is 2.03. The van der Waals surface area contributed by atoms with Crippen LogP contribution in [0.4, 0.5) is 10.1 Å². The Morgan fingerprint density at radius 1 is 1.63 bits per heavy atom. The molecule has 100 valence electrons. The lowest BCUT2D eigenvalue weighted by molar-refractivity contribution is -0.144. The van der Waals surface area contributed by atoms with Crippen LogP contribution >= 0.6 is 0 Å². The molecule has 1 unspecified atom stereocenters. The van der Waals surface area contributed by atoms with Crippen LogP contribution in [0.15, 0.2) is 18.2 Å². The molecule has 1 fully saturated rings. The van der Waals surface area contributed by atoms with Gasteiger partial charge in [0.1, 0.15) is 5.82 Å². The molecule has 0 aliphatic carbocycles. The Morgan fingerprint density at radius 3 is 3.05 bits per heavy atom. The van der Waals surface area contributed by atoms with Crippen molar-refractivity contribution in [1.29, 1.82) is 5.26 Å². The maximum absolute atomic E-state index is 14.0. The number of nitriles is 1. The zero-order valence-electron chi connectivity index (χ0n) is 10.4. The van der Waals surface area contributed by atoms with Crippen molar-refractivity contribution in [3.05, 3.63) is 29.6 Å². The number of nitrogens with zero attached hydrogens (tertiary/aromatic N) is 2. The van der Waals surface area contributed by atoms with Gasteiger partial charge in [-0.05, 0) is 18.2 Å². The Kier molecular flexibility index (Phi) is 3.97. The Morgan fingerprint density at radius 2 is 2.42 bits per heavy atom. The van der Waals surface area contributed by atoms with E-state index >= 15 is 0 Å². The summed E-state index contributed by atoms with van der Waals surface area (Å²) in [6, 6.07) is 5.37. The maximum atomic E-state index is 14.0. The minimum absolute atomic E-state index is 0.159. The molecule has 6 heteroatoms. The molecule has 1 aromatic carbocycles. The topological polar surface area (TPSA) is 62.6 Å². The number of hydrogen-bond acceptors (Lipinski definition) is 5. The number of hydrogen-bond donors (Lipinski definition) is 0. The van der Waals surface area contributed by atoms with Gasteiger partial charge in [-0.15, -0.1) is 0 Å². The third-order valence-electron chi connectivity index (χ3n) is 2.99. The number of esters is 1. The first-order chi connectivity index (χ1) is 9.17. The molecular weight excluding hydrogens is 251 g/mol. The molecular formula is C13H13FN2O3. The standard InChI is InChI=1S/C13H13FN2O3/c1-18-13(17)12-8-19-5-4-16(12)11-3-2-9(7-15)6-10(11)14/h2-3,6,12H,4-5,8H2,1H3. The minimum atomic E-state index is -0.666. The van der Waals surface area contributed by atoms with Crippen LogP contribution in [0.25, 0.3) is 0 Å². The van der Waals surface area contributed by atoms with Crippen molar-refractivity contribution in [3.63, 3.8) is 0 Å². The third kappa shape index (κ3) is 2.66. The van der Waals surface area contributed by atoms with E-state index in [4.69, 9.17) is 14.7 Å². The van der Waals surface area contributed by atoms with E-state index in [0.717, 1.165) is 6.07 Å². The number of anilines is 1. The van der Waals surface area contributed by atoms with Crippen molar-refractivity contribution in [1.82, 2.24) is 0 Å². The van der Waals surface area contributed by atoms with Crippen molar-refractivity contribution in [2.45, 2.75) is 6.04 Å². The Balaban J connectivity index is 2.32. The molecule has 5 nitrogen and oxygen atoms in total. The van der Waals surface area contributed by atoms with E-state index in [1.807, 2.05) is 6.07 Å². The van der Waals surface area contributed by atoms with Gasteiger partial charge in [-0.2, -0.15) is 5.26 Å². The number of carbonyl (C=O) groups excluding carboxylic acids is 1.